The molecule has 0 heterocycles. The Kier molecular flexibility index (Phi) is 6.03. The van der Waals surface area contributed by atoms with Crippen LogP contribution in [0.15, 0.2) is 24.3 Å². The molecule has 1 aromatic rings. The summed E-state index contributed by atoms with van der Waals surface area (Å²) in [4.78, 5) is 23.2. The molecule has 0 saturated heterocycles. The summed E-state index contributed by atoms with van der Waals surface area (Å²) in [6.07, 6.45) is -0.316. The van der Waals surface area contributed by atoms with E-state index in [2.05, 4.69) is 10.9 Å². The highest BCUT2D eigenvalue weighted by molar-refractivity contribution is 5.84. The molecule has 0 radical (unpaired) electrons. The Morgan fingerprint density at radius 2 is 1.90 bits per heavy atom. The zero-order chi connectivity index (χ0) is 15.1. The summed E-state index contributed by atoms with van der Waals surface area (Å²) in [6.45, 7) is 7.45. The molecule has 0 aliphatic carbocycles. The summed E-state index contributed by atoms with van der Waals surface area (Å²) >= 11 is 0. The lowest BCUT2D eigenvalue weighted by Gasteiger charge is -2.15. The van der Waals surface area contributed by atoms with Gasteiger partial charge in [0.25, 0.3) is 5.91 Å². The monoisotopic (exact) mass is 278 g/mol. The topological polar surface area (TPSA) is 67.4 Å². The van der Waals surface area contributed by atoms with Crippen LogP contribution in [0.3, 0.4) is 0 Å². The van der Waals surface area contributed by atoms with Crippen molar-refractivity contribution in [2.45, 2.75) is 40.2 Å². The molecule has 20 heavy (non-hydrogen) atoms. The van der Waals surface area contributed by atoms with Gasteiger partial charge in [-0.3, -0.25) is 20.4 Å². The molecule has 1 rings (SSSR count). The van der Waals surface area contributed by atoms with Gasteiger partial charge in [0.15, 0.2) is 6.10 Å². The van der Waals surface area contributed by atoms with Crippen molar-refractivity contribution >= 4 is 11.8 Å². The van der Waals surface area contributed by atoms with E-state index in [0.717, 1.165) is 5.56 Å². The van der Waals surface area contributed by atoms with E-state index in [0.29, 0.717) is 12.2 Å². The van der Waals surface area contributed by atoms with E-state index in [4.69, 9.17) is 4.74 Å². The Bertz CT molecular complexity index is 472. The predicted molar refractivity (Wildman–Crippen MR) is 77.0 cm³/mol. The largest absolute Gasteiger partial charge is 0.481 e. The molecule has 0 aromatic heterocycles. The Morgan fingerprint density at radius 3 is 2.50 bits per heavy atom. The van der Waals surface area contributed by atoms with Gasteiger partial charge in [-0.1, -0.05) is 26.0 Å². The van der Waals surface area contributed by atoms with Crippen LogP contribution in [0.5, 0.6) is 5.75 Å². The van der Waals surface area contributed by atoms with Crippen LogP contribution in [0.4, 0.5) is 0 Å². The number of nitrogens with one attached hydrogen (secondary N) is 2. The molecule has 5 nitrogen and oxygen atoms in total. The second-order valence-electron chi connectivity index (χ2n) is 5.21. The van der Waals surface area contributed by atoms with Crippen molar-refractivity contribution in [1.29, 1.82) is 0 Å². The lowest BCUT2D eigenvalue weighted by atomic mass is 10.1. The molecule has 0 fully saturated rings. The first-order valence-electron chi connectivity index (χ1n) is 6.70. The maximum atomic E-state index is 11.8. The average Bonchev–Trinajstić information content (AvgIpc) is 2.35. The summed E-state index contributed by atoms with van der Waals surface area (Å²) in [5.41, 5.74) is 5.79. The van der Waals surface area contributed by atoms with Crippen LogP contribution >= 0.6 is 0 Å². The van der Waals surface area contributed by atoms with Crippen molar-refractivity contribution in [2.75, 3.05) is 0 Å². The molecular formula is C15H22N2O3. The minimum absolute atomic E-state index is 0.212. The number of hydrazine groups is 1. The first-order chi connectivity index (χ1) is 9.38. The van der Waals surface area contributed by atoms with Crippen LogP contribution in [0.25, 0.3) is 0 Å². The van der Waals surface area contributed by atoms with Crippen molar-refractivity contribution in [3.8, 4) is 5.75 Å². The third-order valence-corrected chi connectivity index (χ3v) is 2.59. The number of hydrogen-bond donors (Lipinski definition) is 2. The summed E-state index contributed by atoms with van der Waals surface area (Å²) < 4.78 is 5.51. The Morgan fingerprint density at radius 1 is 1.20 bits per heavy atom. The Balaban J connectivity index is 2.41. The second-order valence-corrected chi connectivity index (χ2v) is 5.21. The minimum Gasteiger partial charge on any atom is -0.481 e. The molecule has 1 aromatic carbocycles. The summed E-state index contributed by atoms with van der Waals surface area (Å²) in [5, 5.41) is 0. The molecule has 110 valence electrons. The molecule has 0 spiro atoms. The zero-order valence-corrected chi connectivity index (χ0v) is 12.4. The molecule has 2 N–H and O–H groups in total. The Labute approximate surface area is 119 Å². The van der Waals surface area contributed by atoms with Crippen LogP contribution in [0, 0.1) is 12.8 Å². The van der Waals surface area contributed by atoms with E-state index >= 15 is 0 Å². The van der Waals surface area contributed by atoms with E-state index in [-0.39, 0.29) is 17.7 Å². The third-order valence-electron chi connectivity index (χ3n) is 2.59. The van der Waals surface area contributed by atoms with Gasteiger partial charge in [0.2, 0.25) is 5.91 Å². The first-order valence-corrected chi connectivity index (χ1v) is 6.70. The van der Waals surface area contributed by atoms with Gasteiger partial charge in [-0.25, -0.2) is 0 Å². The maximum absolute atomic E-state index is 11.8. The molecule has 5 heteroatoms. The van der Waals surface area contributed by atoms with Gasteiger partial charge in [-0.05, 0) is 37.5 Å². The predicted octanol–water partition coefficient (Wildman–Crippen LogP) is 1.96. The lowest BCUT2D eigenvalue weighted by molar-refractivity contribution is -0.133. The number of hydrogen-bond acceptors (Lipinski definition) is 3. The van der Waals surface area contributed by atoms with Crippen molar-refractivity contribution in [1.82, 2.24) is 10.9 Å². The average molecular weight is 278 g/mol. The van der Waals surface area contributed by atoms with Gasteiger partial charge in [0.05, 0.1) is 0 Å². The van der Waals surface area contributed by atoms with Crippen molar-refractivity contribution in [2.24, 2.45) is 5.92 Å². The van der Waals surface area contributed by atoms with Crippen LogP contribution in [-0.4, -0.2) is 17.9 Å². The summed E-state index contributed by atoms with van der Waals surface area (Å²) in [7, 11) is 0. The summed E-state index contributed by atoms with van der Waals surface area (Å²) in [6, 6.07) is 7.44. The molecule has 2 amide bonds. The molecule has 0 saturated carbocycles. The molecule has 1 atom stereocenters. The highest BCUT2D eigenvalue weighted by atomic mass is 16.5. The van der Waals surface area contributed by atoms with Gasteiger partial charge < -0.3 is 4.74 Å². The normalized spacial score (nSPS) is 11.8. The van der Waals surface area contributed by atoms with Gasteiger partial charge >= 0.3 is 0 Å². The van der Waals surface area contributed by atoms with Gasteiger partial charge in [0, 0.05) is 6.42 Å². The smallest absolute Gasteiger partial charge is 0.279 e. The van der Waals surface area contributed by atoms with Gasteiger partial charge in [-0.2, -0.15) is 0 Å². The fraction of sp³-hybridized carbons (Fsp3) is 0.467. The molecular weight excluding hydrogens is 256 g/mol. The van der Waals surface area contributed by atoms with E-state index in [1.165, 1.54) is 0 Å². The fourth-order valence-electron chi connectivity index (χ4n) is 1.60. The number of amides is 2. The molecule has 1 unspecified atom stereocenters. The van der Waals surface area contributed by atoms with E-state index < -0.39 is 6.10 Å². The third kappa shape index (κ3) is 5.73. The van der Waals surface area contributed by atoms with Crippen LogP contribution in [0.2, 0.25) is 0 Å². The molecule has 0 bridgehead atoms. The van der Waals surface area contributed by atoms with E-state index in [9.17, 15) is 9.59 Å². The number of aryl methyl sites for hydroxylation is 1. The lowest BCUT2D eigenvalue weighted by Crippen LogP contribution is -2.47. The van der Waals surface area contributed by atoms with Crippen molar-refractivity contribution in [3.05, 3.63) is 29.8 Å². The quantitative estimate of drug-likeness (QED) is 0.809. The molecule has 0 aliphatic rings. The number of rotatable bonds is 5. The maximum Gasteiger partial charge on any atom is 0.279 e. The number of benzene rings is 1. The number of ether oxygens (including phenoxy) is 1. The van der Waals surface area contributed by atoms with E-state index in [1.807, 2.05) is 39.0 Å². The molecule has 0 aliphatic heterocycles. The highest BCUT2D eigenvalue weighted by Crippen LogP contribution is 2.14. The van der Waals surface area contributed by atoms with E-state index in [1.54, 1.807) is 13.0 Å². The first kappa shape index (κ1) is 16.0. The Hall–Kier alpha value is -2.04. The highest BCUT2D eigenvalue weighted by Gasteiger charge is 2.15. The fourth-order valence-corrected chi connectivity index (χ4v) is 1.60. The number of carbonyl (C=O) groups is 2. The van der Waals surface area contributed by atoms with Crippen molar-refractivity contribution < 1.29 is 14.3 Å². The second kappa shape index (κ2) is 7.53. The van der Waals surface area contributed by atoms with Crippen LogP contribution in [-0.2, 0) is 9.59 Å². The number of carbonyl (C=O) groups excluding carboxylic acids is 2. The van der Waals surface area contributed by atoms with Crippen LogP contribution in [0.1, 0.15) is 32.8 Å². The standard InChI is InChI=1S/C15H22N2O3/c1-10(2)8-14(18)16-17-15(19)12(4)20-13-7-5-6-11(3)9-13/h5-7,9-10,12H,8H2,1-4H3,(H,16,18)(H,17,19). The van der Waals surface area contributed by atoms with Crippen molar-refractivity contribution in [3.63, 3.8) is 0 Å². The zero-order valence-electron chi connectivity index (χ0n) is 12.4. The summed E-state index contributed by atoms with van der Waals surface area (Å²) in [5.74, 6) is 0.272. The SMILES string of the molecule is Cc1cccc(OC(C)C(=O)NNC(=O)CC(C)C)c1. The minimum atomic E-state index is -0.684. The van der Waals surface area contributed by atoms with Crippen LogP contribution < -0.4 is 15.6 Å². The van der Waals surface area contributed by atoms with Gasteiger partial charge in [0.1, 0.15) is 5.75 Å². The van der Waals surface area contributed by atoms with Gasteiger partial charge in [-0.15, -0.1) is 0 Å².